The fraction of sp³-hybridized carbons (Fsp3) is 0.375. The van der Waals surface area contributed by atoms with Crippen molar-refractivity contribution in [2.45, 2.75) is 25.5 Å². The van der Waals surface area contributed by atoms with Gasteiger partial charge in [-0.25, -0.2) is 0 Å². The second kappa shape index (κ2) is 7.90. The van der Waals surface area contributed by atoms with E-state index in [4.69, 9.17) is 4.74 Å². The fourth-order valence-corrected chi connectivity index (χ4v) is 4.54. The number of benzene rings is 2. The molecule has 1 unspecified atom stereocenters. The third-order valence-corrected chi connectivity index (χ3v) is 6.14. The molecular weight excluding hydrogens is 346 g/mol. The molecule has 2 aliphatic heterocycles. The monoisotopic (exact) mass is 373 g/mol. The topological polar surface area (TPSA) is 37.4 Å². The van der Waals surface area contributed by atoms with Gasteiger partial charge in [-0.1, -0.05) is 42.5 Å². The van der Waals surface area contributed by atoms with Crippen molar-refractivity contribution in [3.05, 3.63) is 71.9 Å². The Bertz CT molecular complexity index is 944. The van der Waals surface area contributed by atoms with Gasteiger partial charge in [0.15, 0.2) is 0 Å². The highest BCUT2D eigenvalue weighted by atomic mass is 16.5. The Labute approximate surface area is 166 Å². The van der Waals surface area contributed by atoms with Gasteiger partial charge >= 0.3 is 0 Å². The van der Waals surface area contributed by atoms with Crippen molar-refractivity contribution in [2.75, 3.05) is 31.1 Å². The van der Waals surface area contributed by atoms with E-state index in [0.29, 0.717) is 5.92 Å². The number of aromatic nitrogens is 1. The minimum Gasteiger partial charge on any atom is -0.371 e. The van der Waals surface area contributed by atoms with Crippen LogP contribution in [0.4, 0.5) is 5.69 Å². The number of nitrogens with zero attached hydrogens (tertiary/aromatic N) is 2. The smallest absolute Gasteiger partial charge is 0.134 e. The molecule has 2 aromatic carbocycles. The van der Waals surface area contributed by atoms with Crippen LogP contribution in [0.25, 0.3) is 10.9 Å². The second-order valence-electron chi connectivity index (χ2n) is 7.89. The first-order valence-electron chi connectivity index (χ1n) is 10.4. The summed E-state index contributed by atoms with van der Waals surface area (Å²) in [7, 11) is 0. The molecule has 1 aromatic heterocycles. The van der Waals surface area contributed by atoms with E-state index in [1.54, 1.807) is 0 Å². The Morgan fingerprint density at radius 2 is 1.82 bits per heavy atom. The van der Waals surface area contributed by atoms with Crippen molar-refractivity contribution in [3.63, 3.8) is 0 Å². The molecule has 28 heavy (non-hydrogen) atoms. The first kappa shape index (κ1) is 17.7. The molecule has 3 aromatic rings. The zero-order valence-electron chi connectivity index (χ0n) is 16.2. The van der Waals surface area contributed by atoms with Crippen molar-refractivity contribution in [2.24, 2.45) is 5.92 Å². The fourth-order valence-electron chi connectivity index (χ4n) is 4.54. The van der Waals surface area contributed by atoms with Gasteiger partial charge in [-0.2, -0.15) is 0 Å². The van der Waals surface area contributed by atoms with Gasteiger partial charge in [0, 0.05) is 36.9 Å². The number of piperidine rings is 1. The maximum absolute atomic E-state index is 6.32. The first-order valence-corrected chi connectivity index (χ1v) is 10.4. The standard InChI is InChI=1S/C24H27N3O/c1-2-6-20-19(5-1)9-13-26-24(20)28-17-18-11-15-27(16-12-18)23-10-14-25-22-8-4-3-7-21(22)23/h1-8,10,14,18,24,26H,9,11-13,15-17H2. The lowest BCUT2D eigenvalue weighted by Crippen LogP contribution is -2.37. The highest BCUT2D eigenvalue weighted by Gasteiger charge is 2.24. The van der Waals surface area contributed by atoms with Crippen molar-refractivity contribution < 1.29 is 4.74 Å². The van der Waals surface area contributed by atoms with Crippen LogP contribution >= 0.6 is 0 Å². The van der Waals surface area contributed by atoms with E-state index in [9.17, 15) is 0 Å². The zero-order valence-corrected chi connectivity index (χ0v) is 16.2. The van der Waals surface area contributed by atoms with E-state index in [1.807, 2.05) is 6.20 Å². The summed E-state index contributed by atoms with van der Waals surface area (Å²) in [6.45, 7) is 3.99. The Morgan fingerprint density at radius 3 is 2.75 bits per heavy atom. The molecule has 0 bridgehead atoms. The van der Waals surface area contributed by atoms with E-state index in [2.05, 4.69) is 69.8 Å². The second-order valence-corrected chi connectivity index (χ2v) is 7.89. The van der Waals surface area contributed by atoms with E-state index in [1.165, 1.54) is 35.0 Å². The summed E-state index contributed by atoms with van der Waals surface area (Å²) < 4.78 is 6.32. The van der Waals surface area contributed by atoms with E-state index < -0.39 is 0 Å². The van der Waals surface area contributed by atoms with Crippen LogP contribution in [-0.2, 0) is 11.2 Å². The number of anilines is 1. The zero-order chi connectivity index (χ0) is 18.8. The molecule has 2 aliphatic rings. The number of hydrogen-bond donors (Lipinski definition) is 1. The molecule has 1 fully saturated rings. The Kier molecular flexibility index (Phi) is 4.98. The summed E-state index contributed by atoms with van der Waals surface area (Å²) in [5, 5.41) is 4.78. The normalized spacial score (nSPS) is 20.3. The summed E-state index contributed by atoms with van der Waals surface area (Å²) in [5.41, 5.74) is 5.13. The number of nitrogens with one attached hydrogen (secondary N) is 1. The quantitative estimate of drug-likeness (QED) is 0.739. The van der Waals surface area contributed by atoms with Gasteiger partial charge in [-0.3, -0.25) is 10.3 Å². The Balaban J connectivity index is 1.20. The lowest BCUT2D eigenvalue weighted by Gasteiger charge is -2.35. The van der Waals surface area contributed by atoms with Crippen LogP contribution in [0.5, 0.6) is 0 Å². The lowest BCUT2D eigenvalue weighted by atomic mass is 9.96. The van der Waals surface area contributed by atoms with Gasteiger partial charge in [0.1, 0.15) is 6.23 Å². The summed E-state index contributed by atoms with van der Waals surface area (Å²) in [6, 6.07) is 19.2. The predicted octanol–water partition coefficient (Wildman–Crippen LogP) is 4.31. The number of pyridine rings is 1. The van der Waals surface area contributed by atoms with Gasteiger partial charge in [-0.05, 0) is 48.4 Å². The lowest BCUT2D eigenvalue weighted by molar-refractivity contribution is -0.00114. The first-order chi connectivity index (χ1) is 13.9. The van der Waals surface area contributed by atoms with Crippen molar-refractivity contribution >= 4 is 16.6 Å². The maximum atomic E-state index is 6.32. The minimum atomic E-state index is 0.0483. The number of ether oxygens (including phenoxy) is 1. The molecule has 144 valence electrons. The summed E-state index contributed by atoms with van der Waals surface area (Å²) in [4.78, 5) is 7.01. The van der Waals surface area contributed by atoms with Crippen molar-refractivity contribution in [1.82, 2.24) is 10.3 Å². The molecular formula is C24H27N3O. The largest absolute Gasteiger partial charge is 0.371 e. The SMILES string of the molecule is c1ccc2c(c1)CCNC2OCC1CCN(c2ccnc3ccccc23)CC1. The van der Waals surface area contributed by atoms with Gasteiger partial charge in [0.05, 0.1) is 12.1 Å². The van der Waals surface area contributed by atoms with Crippen molar-refractivity contribution in [3.8, 4) is 0 Å². The van der Waals surface area contributed by atoms with Gasteiger partial charge in [-0.15, -0.1) is 0 Å². The maximum Gasteiger partial charge on any atom is 0.134 e. The van der Waals surface area contributed by atoms with Crippen LogP contribution in [0.3, 0.4) is 0 Å². The molecule has 5 rings (SSSR count). The summed E-state index contributed by atoms with van der Waals surface area (Å²) in [5.74, 6) is 0.625. The van der Waals surface area contributed by atoms with Crippen LogP contribution in [0.2, 0.25) is 0 Å². The predicted molar refractivity (Wildman–Crippen MR) is 114 cm³/mol. The van der Waals surface area contributed by atoms with Gasteiger partial charge < -0.3 is 9.64 Å². The van der Waals surface area contributed by atoms with Crippen LogP contribution in [0.15, 0.2) is 60.8 Å². The van der Waals surface area contributed by atoms with E-state index in [0.717, 1.165) is 38.2 Å². The van der Waals surface area contributed by atoms with Gasteiger partial charge in [0.25, 0.3) is 0 Å². The molecule has 0 amide bonds. The van der Waals surface area contributed by atoms with E-state index in [-0.39, 0.29) is 6.23 Å². The van der Waals surface area contributed by atoms with Crippen LogP contribution in [-0.4, -0.2) is 31.2 Å². The third kappa shape index (κ3) is 3.50. The molecule has 0 aliphatic carbocycles. The Hall–Kier alpha value is -2.43. The van der Waals surface area contributed by atoms with Crippen LogP contribution < -0.4 is 10.2 Å². The summed E-state index contributed by atoms with van der Waals surface area (Å²) in [6.07, 6.45) is 5.41. The van der Waals surface area contributed by atoms with Crippen molar-refractivity contribution in [1.29, 1.82) is 0 Å². The number of fused-ring (bicyclic) bond motifs is 2. The number of hydrogen-bond acceptors (Lipinski definition) is 4. The summed E-state index contributed by atoms with van der Waals surface area (Å²) >= 11 is 0. The molecule has 4 nitrogen and oxygen atoms in total. The molecule has 1 saturated heterocycles. The highest BCUT2D eigenvalue weighted by Crippen LogP contribution is 2.30. The third-order valence-electron chi connectivity index (χ3n) is 6.14. The van der Waals surface area contributed by atoms with Gasteiger partial charge in [0.2, 0.25) is 0 Å². The van der Waals surface area contributed by atoms with Crippen LogP contribution in [0.1, 0.15) is 30.2 Å². The van der Waals surface area contributed by atoms with E-state index >= 15 is 0 Å². The molecule has 1 atom stereocenters. The highest BCUT2D eigenvalue weighted by molar-refractivity contribution is 5.91. The average molecular weight is 374 g/mol. The minimum absolute atomic E-state index is 0.0483. The molecule has 3 heterocycles. The molecule has 0 spiro atoms. The molecule has 4 heteroatoms. The number of rotatable bonds is 4. The van der Waals surface area contributed by atoms with Crippen LogP contribution in [0, 0.1) is 5.92 Å². The Morgan fingerprint density at radius 1 is 1.00 bits per heavy atom. The average Bonchev–Trinajstić information content (AvgIpc) is 2.78. The molecule has 0 radical (unpaired) electrons. The number of para-hydroxylation sites is 1. The molecule has 1 N–H and O–H groups in total. The molecule has 0 saturated carbocycles.